The maximum Gasteiger partial charge on any atom is 0.220 e. The topological polar surface area (TPSA) is 19.4 Å². The fraction of sp³-hybridized carbons (Fsp3) is 0.290. The number of aryl methyl sites for hydroxylation is 5. The van der Waals surface area contributed by atoms with Gasteiger partial charge < -0.3 is 0 Å². The van der Waals surface area contributed by atoms with Gasteiger partial charge in [0.15, 0.2) is 28.5 Å². The Morgan fingerprint density at radius 1 is 0.254 bits per heavy atom. The predicted molar refractivity (Wildman–Crippen MR) is 580 cm³/mol. The van der Waals surface area contributed by atoms with Crippen LogP contribution in [0.4, 0.5) is 8.78 Å². The normalized spacial score (nSPS) is 13.7. The van der Waals surface area contributed by atoms with Crippen molar-refractivity contribution < 1.29 is 38.5 Å². The third-order valence-corrected chi connectivity index (χ3v) is 30.1. The smallest absolute Gasteiger partial charge is 0.206 e. The number of halogens is 2. The molecule has 700 valence electrons. The quantitative estimate of drug-likeness (QED) is 0.103. The lowest BCUT2D eigenvalue weighted by Gasteiger charge is -2.19. The third-order valence-electron chi connectivity index (χ3n) is 30.1. The Hall–Kier alpha value is -13.2. The Labute approximate surface area is 828 Å². The zero-order chi connectivity index (χ0) is 103. The second kappa shape index (κ2) is 40.4. The Bertz CT molecular complexity index is 8070. The molecule has 2 aliphatic rings. The number of aromatic nitrogens is 5. The summed E-state index contributed by atoms with van der Waals surface area (Å²) in [5, 5.41) is 10.6. The number of hydrogen-bond donors (Lipinski definition) is 0. The van der Waals surface area contributed by atoms with Gasteiger partial charge in [0, 0.05) is 76.0 Å². The minimum atomic E-state index is -0.217. The molecule has 13 aromatic carbocycles. The molecule has 0 spiro atoms. The van der Waals surface area contributed by atoms with Gasteiger partial charge in [-0.05, 0) is 321 Å². The molecule has 1 fully saturated rings. The van der Waals surface area contributed by atoms with Crippen LogP contribution in [0.2, 0.25) is 0 Å². The first kappa shape index (κ1) is 91.2. The van der Waals surface area contributed by atoms with Gasteiger partial charge in [0.05, 0.1) is 56.0 Å². The zero-order valence-corrected chi connectivity index (χ0v) is 86.7. The number of hydrogen-bond acceptors (Lipinski definition) is 0. The van der Waals surface area contributed by atoms with Crippen LogP contribution >= 0.6 is 0 Å². The van der Waals surface area contributed by atoms with Crippen LogP contribution in [0.25, 0.3) is 144 Å². The fourth-order valence-electron chi connectivity index (χ4n) is 20.9. The van der Waals surface area contributed by atoms with Gasteiger partial charge in [-0.3, -0.25) is 0 Å². The molecule has 5 nitrogen and oxygen atoms in total. The maximum absolute atomic E-state index is 14.9. The van der Waals surface area contributed by atoms with Gasteiger partial charge >= 0.3 is 0 Å². The van der Waals surface area contributed by atoms with Gasteiger partial charge in [0.1, 0.15) is 46.9 Å². The number of fused-ring (bicyclic) bond motifs is 10. The second-order valence-corrected chi connectivity index (χ2v) is 40.9. The lowest BCUT2D eigenvalue weighted by Crippen LogP contribution is -2.35. The molecule has 2 unspecified atom stereocenters. The molecule has 0 saturated heterocycles. The van der Waals surface area contributed by atoms with E-state index in [2.05, 4.69) is 336 Å². The van der Waals surface area contributed by atoms with E-state index in [4.69, 9.17) is 6.85 Å². The van der Waals surface area contributed by atoms with E-state index in [1.165, 1.54) is 131 Å². The molecule has 5 heterocycles. The summed E-state index contributed by atoms with van der Waals surface area (Å²) in [7, 11) is 10.3. The largest absolute Gasteiger partial charge is 0.220 e. The van der Waals surface area contributed by atoms with Gasteiger partial charge in [0.25, 0.3) is 0 Å². The van der Waals surface area contributed by atoms with E-state index >= 15 is 0 Å². The average Bonchev–Trinajstić information content (AvgIpc) is 1.70. The maximum atomic E-state index is 14.9. The predicted octanol–water partition coefficient (Wildman–Crippen LogP) is 32.9. The number of rotatable bonds is 13. The first-order chi connectivity index (χ1) is 68.0. The highest BCUT2D eigenvalue weighted by molar-refractivity contribution is 6.00. The molecule has 1 saturated carbocycles. The molecule has 5 aromatic heterocycles. The van der Waals surface area contributed by atoms with E-state index in [0.29, 0.717) is 76.5 Å². The van der Waals surface area contributed by atoms with Gasteiger partial charge in [-0.25, -0.2) is 8.78 Å². The Morgan fingerprint density at radius 2 is 0.565 bits per heavy atom. The highest BCUT2D eigenvalue weighted by Gasteiger charge is 2.39. The van der Waals surface area contributed by atoms with E-state index in [1.54, 1.807) is 17.2 Å². The summed E-state index contributed by atoms with van der Waals surface area (Å²) in [5.41, 5.74) is 40.8. The first-order valence-electron chi connectivity index (χ1n) is 52.2. The van der Waals surface area contributed by atoms with Crippen LogP contribution in [0.15, 0.2) is 273 Å². The van der Waals surface area contributed by atoms with Crippen molar-refractivity contribution >= 4 is 53.9 Å². The summed E-state index contributed by atoms with van der Waals surface area (Å²) < 4.78 is 83.3. The lowest BCUT2D eigenvalue weighted by molar-refractivity contribution is -0.665. The zero-order valence-electron chi connectivity index (χ0n) is 91.7. The van der Waals surface area contributed by atoms with Gasteiger partial charge in [-0.2, -0.15) is 22.8 Å². The molecule has 2 atom stereocenters. The van der Waals surface area contributed by atoms with Crippen LogP contribution < -0.4 is 22.8 Å². The molecule has 7 heteroatoms. The van der Waals surface area contributed by atoms with Gasteiger partial charge in [-0.1, -0.05) is 245 Å². The molecule has 138 heavy (non-hydrogen) atoms. The van der Waals surface area contributed by atoms with Crippen LogP contribution in [0.5, 0.6) is 0 Å². The summed E-state index contributed by atoms with van der Waals surface area (Å²) in [6.07, 6.45) is 4.08. The SMILES string of the molecule is [2H]c1c(C)[n+](C)c(-c2cc(-c3ccccc3)c(F)cc2C)c2cc(C(C)C)ccc12.[2H]c1c(C)[n+](C)c(-c2cc(-c3ccccc3)cc(C)c2C)c2cc(C(C)C)ccc12.[2H]c1c(C)[n+](C)c(-c2cc(C)c(F)c(C)c2C)c2cc(C(C)C)ccc12.[2H]c1c(C)[n+](C)c(-c2cc3c(cc2C)C2CCC3C2)c2cc(C(C)C)ccc12.[2H]c1c(C)[n+](C)c(-c2ccc(-c3ccccc3)cc2C)c2cc(C(C)C)ccc12. The summed E-state index contributed by atoms with van der Waals surface area (Å²) >= 11 is 0. The van der Waals surface area contributed by atoms with Crippen LogP contribution in [-0.4, -0.2) is 0 Å². The summed E-state index contributed by atoms with van der Waals surface area (Å²) in [6, 6.07) is 88.1. The molecular formula is C131H142F2N5+5. The van der Waals surface area contributed by atoms with Crippen molar-refractivity contribution in [2.45, 2.75) is 220 Å². The van der Waals surface area contributed by atoms with E-state index in [-0.39, 0.29) is 11.6 Å². The van der Waals surface area contributed by atoms with Crippen molar-refractivity contribution in [3.8, 4) is 89.7 Å². The summed E-state index contributed by atoms with van der Waals surface area (Å²) in [6.45, 7) is 48.6. The minimum absolute atomic E-state index is 0.130. The van der Waals surface area contributed by atoms with Crippen molar-refractivity contribution in [2.75, 3.05) is 0 Å². The van der Waals surface area contributed by atoms with Crippen molar-refractivity contribution in [3.05, 3.63) is 396 Å². The number of nitrogens with zero attached hydrogens (tertiary/aromatic N) is 5. The number of benzene rings is 13. The van der Waals surface area contributed by atoms with Crippen LogP contribution in [0.3, 0.4) is 0 Å². The van der Waals surface area contributed by atoms with Gasteiger partial charge in [-0.15, -0.1) is 0 Å². The fourth-order valence-corrected chi connectivity index (χ4v) is 20.9. The highest BCUT2D eigenvalue weighted by Crippen LogP contribution is 2.55. The van der Waals surface area contributed by atoms with Crippen molar-refractivity contribution in [1.82, 2.24) is 0 Å². The van der Waals surface area contributed by atoms with Crippen molar-refractivity contribution in [2.24, 2.45) is 35.2 Å². The molecule has 2 aliphatic carbocycles. The average molecular weight is 1830 g/mol. The third kappa shape index (κ3) is 19.5. The molecule has 18 aromatic rings. The summed E-state index contributed by atoms with van der Waals surface area (Å²) in [4.78, 5) is 0. The van der Waals surface area contributed by atoms with Gasteiger partial charge in [0.2, 0.25) is 28.5 Å². The highest BCUT2D eigenvalue weighted by atomic mass is 19.1. The molecule has 0 N–H and O–H groups in total. The van der Waals surface area contributed by atoms with Crippen molar-refractivity contribution in [1.29, 1.82) is 0 Å². The molecule has 20 rings (SSSR count). The van der Waals surface area contributed by atoms with E-state index in [1.807, 2.05) is 118 Å². The van der Waals surface area contributed by atoms with E-state index < -0.39 is 0 Å². The Balaban J connectivity index is 0.000000128. The lowest BCUT2D eigenvalue weighted by atomic mass is 9.86. The second-order valence-electron chi connectivity index (χ2n) is 40.9. The first-order valence-corrected chi connectivity index (χ1v) is 49.7. The van der Waals surface area contributed by atoms with E-state index in [0.717, 1.165) is 128 Å². The van der Waals surface area contributed by atoms with Crippen LogP contribution in [-0.2, 0) is 35.2 Å². The number of pyridine rings is 5. The molecule has 0 amide bonds. The van der Waals surface area contributed by atoms with E-state index in [9.17, 15) is 8.78 Å². The summed E-state index contributed by atoms with van der Waals surface area (Å²) in [5.74, 6) is 3.39. The van der Waals surface area contributed by atoms with Crippen LogP contribution in [0, 0.1) is 102 Å². The minimum Gasteiger partial charge on any atom is -0.206 e. The molecule has 2 bridgehead atoms. The molecule has 0 aliphatic heterocycles. The Kier molecular flexibility index (Phi) is 26.7. The molecule has 0 radical (unpaired) electrons. The molecular weight excluding hydrogens is 1680 g/mol. The Morgan fingerprint density at radius 3 is 0.935 bits per heavy atom. The monoisotopic (exact) mass is 1830 g/mol. The van der Waals surface area contributed by atoms with Crippen LogP contribution in [0.1, 0.15) is 249 Å². The standard InChI is InChI=1S/C28H30N.C27H27FN.C27H28N.C26H30N.C23H27FN/c1-18(2)23-12-13-24-15-20(4)29(6)28(27(24)16-23)26-17-25(14-19(3)21(26)5)22-10-8-7-9-11-22;1-17(2)21-11-12-22-14-19(4)29(5)27(25(22)15-21)23-16-24(26(28)13-18(23)3)20-9-7-6-8-10-20;1-18(2)22-11-12-24-16-20(4)28(5)27(26(24)17-22)25-14-13-23(15-19(25)3)21-9-7-6-8-10-21;1-15(2)18-6-7-19-11-17(4)27(5)26(25(19)13-18)22-14-24-21-9-8-20(12-21)23(24)10-16(22)3;1-13(2)18-8-9-19-11-15(4)25(7)23(21(19)12-18)20-10-14(3)22(24)17(6)16(20)5/h7-18H,1-6H3;6-17H,1-5H3;6-18H,1-5H3;6-7,10-11,13-15,20-21H,8-9,12H2,1-5H3;8-13H,1-7H3/q5*+1/i15D;14D;16D;2*11D. The van der Waals surface area contributed by atoms with Crippen molar-refractivity contribution in [3.63, 3.8) is 0 Å².